The maximum atomic E-state index is 12.1. The van der Waals surface area contributed by atoms with Gasteiger partial charge >= 0.3 is 0 Å². The highest BCUT2D eigenvalue weighted by atomic mass is 32.2. The molecule has 1 aliphatic carbocycles. The second kappa shape index (κ2) is 7.77. The van der Waals surface area contributed by atoms with Crippen LogP contribution in [-0.2, 0) is 10.0 Å². The third-order valence-electron chi connectivity index (χ3n) is 3.82. The van der Waals surface area contributed by atoms with E-state index >= 15 is 0 Å². The Morgan fingerprint density at radius 3 is 2.52 bits per heavy atom. The van der Waals surface area contributed by atoms with Crippen molar-refractivity contribution >= 4 is 10.0 Å². The molecule has 0 spiro atoms. The van der Waals surface area contributed by atoms with Gasteiger partial charge in [0.2, 0.25) is 10.0 Å². The predicted octanol–water partition coefficient (Wildman–Crippen LogP) is 1.88. The predicted molar refractivity (Wildman–Crippen MR) is 82.8 cm³/mol. The van der Waals surface area contributed by atoms with Crippen molar-refractivity contribution in [2.75, 3.05) is 19.7 Å². The Morgan fingerprint density at radius 1 is 1.24 bits per heavy atom. The molecule has 0 amide bonds. The summed E-state index contributed by atoms with van der Waals surface area (Å²) in [5.74, 6) is 1.36. The van der Waals surface area contributed by atoms with Gasteiger partial charge in [0.1, 0.15) is 5.75 Å². The van der Waals surface area contributed by atoms with Crippen LogP contribution in [0.25, 0.3) is 0 Å². The van der Waals surface area contributed by atoms with E-state index in [9.17, 15) is 8.42 Å². The van der Waals surface area contributed by atoms with Gasteiger partial charge < -0.3 is 10.5 Å². The number of nitrogens with two attached hydrogens (primary N) is 1. The molecule has 118 valence electrons. The van der Waals surface area contributed by atoms with E-state index in [0.717, 1.165) is 12.8 Å². The lowest BCUT2D eigenvalue weighted by Gasteiger charge is -2.25. The second-order valence-corrected chi connectivity index (χ2v) is 7.21. The van der Waals surface area contributed by atoms with Gasteiger partial charge in [0.05, 0.1) is 11.5 Å². The first-order valence-electron chi connectivity index (χ1n) is 7.54. The fraction of sp³-hybridized carbons (Fsp3) is 0.600. The average Bonchev–Trinajstić information content (AvgIpc) is 2.42. The van der Waals surface area contributed by atoms with E-state index < -0.39 is 10.0 Å². The first kappa shape index (κ1) is 16.3. The van der Waals surface area contributed by atoms with Crippen LogP contribution in [0.15, 0.2) is 29.2 Å². The zero-order chi connectivity index (χ0) is 15.1. The van der Waals surface area contributed by atoms with Crippen molar-refractivity contribution in [1.82, 2.24) is 4.72 Å². The number of hydrogen-bond acceptors (Lipinski definition) is 4. The van der Waals surface area contributed by atoms with E-state index in [1.54, 1.807) is 24.3 Å². The van der Waals surface area contributed by atoms with Gasteiger partial charge in [-0.2, -0.15) is 0 Å². The van der Waals surface area contributed by atoms with Crippen molar-refractivity contribution in [3.63, 3.8) is 0 Å². The Bertz CT molecular complexity index is 524. The normalized spacial score (nSPS) is 15.7. The highest BCUT2D eigenvalue weighted by Crippen LogP contribution is 2.28. The molecule has 1 aromatic carbocycles. The SMILES string of the molecule is NCCCOc1ccc(S(=O)(=O)NCCC2CCC2)cc1. The molecule has 0 unspecified atom stereocenters. The van der Waals surface area contributed by atoms with Crippen LogP contribution in [0.2, 0.25) is 0 Å². The molecule has 3 N–H and O–H groups in total. The van der Waals surface area contributed by atoms with Gasteiger partial charge in [-0.3, -0.25) is 0 Å². The summed E-state index contributed by atoms with van der Waals surface area (Å²) in [6.45, 7) is 1.64. The third kappa shape index (κ3) is 4.98. The number of ether oxygens (including phenoxy) is 1. The van der Waals surface area contributed by atoms with Crippen LogP contribution in [0, 0.1) is 5.92 Å². The number of hydrogen-bond donors (Lipinski definition) is 2. The molecular formula is C15H24N2O3S. The number of benzene rings is 1. The zero-order valence-electron chi connectivity index (χ0n) is 12.3. The van der Waals surface area contributed by atoms with Crippen LogP contribution in [-0.4, -0.2) is 28.1 Å². The van der Waals surface area contributed by atoms with Crippen molar-refractivity contribution in [2.24, 2.45) is 11.7 Å². The first-order valence-corrected chi connectivity index (χ1v) is 9.03. The van der Waals surface area contributed by atoms with E-state index in [-0.39, 0.29) is 4.90 Å². The molecule has 0 aromatic heterocycles. The molecule has 1 fully saturated rings. The molecule has 0 atom stereocenters. The highest BCUT2D eigenvalue weighted by molar-refractivity contribution is 7.89. The third-order valence-corrected chi connectivity index (χ3v) is 5.30. The van der Waals surface area contributed by atoms with Crippen LogP contribution >= 0.6 is 0 Å². The monoisotopic (exact) mass is 312 g/mol. The van der Waals surface area contributed by atoms with Crippen LogP contribution in [0.5, 0.6) is 5.75 Å². The standard InChI is InChI=1S/C15H24N2O3S/c16-10-2-12-20-14-5-7-15(8-6-14)21(18,19)17-11-9-13-3-1-4-13/h5-8,13,17H,1-4,9-12,16H2. The van der Waals surface area contributed by atoms with Crippen LogP contribution in [0.3, 0.4) is 0 Å². The fourth-order valence-corrected chi connectivity index (χ4v) is 3.30. The van der Waals surface area contributed by atoms with Gasteiger partial charge in [-0.15, -0.1) is 0 Å². The fourth-order valence-electron chi connectivity index (χ4n) is 2.25. The smallest absolute Gasteiger partial charge is 0.240 e. The van der Waals surface area contributed by atoms with Gasteiger partial charge in [-0.1, -0.05) is 19.3 Å². The van der Waals surface area contributed by atoms with Crippen molar-refractivity contribution in [2.45, 2.75) is 37.0 Å². The maximum Gasteiger partial charge on any atom is 0.240 e. The largest absolute Gasteiger partial charge is 0.494 e. The summed E-state index contributed by atoms with van der Waals surface area (Å²) in [5, 5.41) is 0. The van der Waals surface area contributed by atoms with Crippen LogP contribution < -0.4 is 15.2 Å². The minimum atomic E-state index is -3.41. The van der Waals surface area contributed by atoms with Crippen molar-refractivity contribution in [3.8, 4) is 5.75 Å². The topological polar surface area (TPSA) is 81.4 Å². The van der Waals surface area contributed by atoms with Gasteiger partial charge in [-0.05, 0) is 49.6 Å². The zero-order valence-corrected chi connectivity index (χ0v) is 13.1. The van der Waals surface area contributed by atoms with Crippen LogP contribution in [0.4, 0.5) is 0 Å². The molecule has 2 rings (SSSR count). The van der Waals surface area contributed by atoms with E-state index in [4.69, 9.17) is 10.5 Å². The maximum absolute atomic E-state index is 12.1. The van der Waals surface area contributed by atoms with Crippen molar-refractivity contribution in [1.29, 1.82) is 0 Å². The van der Waals surface area contributed by atoms with Gasteiger partial charge in [0.25, 0.3) is 0 Å². The van der Waals surface area contributed by atoms with Gasteiger partial charge in [0.15, 0.2) is 0 Å². The Hall–Kier alpha value is -1.11. The number of sulfonamides is 1. The summed E-state index contributed by atoms with van der Waals surface area (Å²) >= 11 is 0. The molecule has 21 heavy (non-hydrogen) atoms. The summed E-state index contributed by atoms with van der Waals surface area (Å²) in [7, 11) is -3.41. The molecule has 0 bridgehead atoms. The summed E-state index contributed by atoms with van der Waals surface area (Å²) in [5.41, 5.74) is 5.39. The first-order chi connectivity index (χ1) is 10.1. The molecule has 5 nitrogen and oxygen atoms in total. The summed E-state index contributed by atoms with van der Waals surface area (Å²) in [6, 6.07) is 6.50. The lowest BCUT2D eigenvalue weighted by Crippen LogP contribution is -2.27. The highest BCUT2D eigenvalue weighted by Gasteiger charge is 2.19. The minimum absolute atomic E-state index is 0.280. The summed E-state index contributed by atoms with van der Waals surface area (Å²) in [6.07, 6.45) is 5.46. The molecule has 1 aliphatic rings. The van der Waals surface area contributed by atoms with Crippen LogP contribution in [0.1, 0.15) is 32.1 Å². The molecule has 0 heterocycles. The molecule has 0 saturated heterocycles. The molecule has 1 aromatic rings. The second-order valence-electron chi connectivity index (χ2n) is 5.45. The quantitative estimate of drug-likeness (QED) is 0.682. The molecule has 0 aliphatic heterocycles. The summed E-state index contributed by atoms with van der Waals surface area (Å²) < 4.78 is 32.4. The Balaban J connectivity index is 1.83. The molecule has 1 saturated carbocycles. The molecule has 6 heteroatoms. The van der Waals surface area contributed by atoms with Gasteiger partial charge in [-0.25, -0.2) is 13.1 Å². The van der Waals surface area contributed by atoms with Gasteiger partial charge in [0, 0.05) is 6.54 Å². The Labute approximate surface area is 126 Å². The lowest BCUT2D eigenvalue weighted by molar-refractivity contribution is 0.297. The Morgan fingerprint density at radius 2 is 1.95 bits per heavy atom. The number of nitrogens with one attached hydrogen (secondary N) is 1. The minimum Gasteiger partial charge on any atom is -0.494 e. The van der Waals surface area contributed by atoms with E-state index in [1.165, 1.54) is 19.3 Å². The average molecular weight is 312 g/mol. The molecule has 0 radical (unpaired) electrons. The van der Waals surface area contributed by atoms with E-state index in [0.29, 0.717) is 31.4 Å². The lowest BCUT2D eigenvalue weighted by atomic mass is 9.83. The summed E-state index contributed by atoms with van der Waals surface area (Å²) in [4.78, 5) is 0.280. The van der Waals surface area contributed by atoms with Crippen molar-refractivity contribution < 1.29 is 13.2 Å². The molecular weight excluding hydrogens is 288 g/mol. The van der Waals surface area contributed by atoms with E-state index in [2.05, 4.69) is 4.72 Å². The number of rotatable bonds is 9. The van der Waals surface area contributed by atoms with E-state index in [1.807, 2.05) is 0 Å². The van der Waals surface area contributed by atoms with Crippen molar-refractivity contribution in [3.05, 3.63) is 24.3 Å². The Kier molecular flexibility index (Phi) is 6.02.